The van der Waals surface area contributed by atoms with Gasteiger partial charge in [0.15, 0.2) is 0 Å². The Kier molecular flexibility index (Phi) is 4.57. The van der Waals surface area contributed by atoms with Gasteiger partial charge in [0.2, 0.25) is 0 Å². The summed E-state index contributed by atoms with van der Waals surface area (Å²) in [5.74, 6) is 0.0389. The molecule has 20 heavy (non-hydrogen) atoms. The molecule has 1 unspecified atom stereocenters. The second kappa shape index (κ2) is 6.20. The molecule has 1 atom stereocenters. The lowest BCUT2D eigenvalue weighted by molar-refractivity contribution is 0.461. The van der Waals surface area contributed by atoms with Gasteiger partial charge in [-0.15, -0.1) is 0 Å². The third-order valence-corrected chi connectivity index (χ3v) is 3.28. The quantitative estimate of drug-likeness (QED) is 0.884. The summed E-state index contributed by atoms with van der Waals surface area (Å²) in [6.45, 7) is 1.89. The number of rotatable bonds is 4. The number of hydrogen-bond acceptors (Lipinski definition) is 2. The van der Waals surface area contributed by atoms with Gasteiger partial charge in [0, 0.05) is 17.7 Å². The first kappa shape index (κ1) is 14.8. The van der Waals surface area contributed by atoms with E-state index in [-0.39, 0.29) is 16.9 Å². The minimum atomic E-state index is -0.512. The molecule has 0 saturated heterocycles. The van der Waals surface area contributed by atoms with Crippen molar-refractivity contribution < 1.29 is 13.5 Å². The number of ether oxygens (including phenoxy) is 1. The van der Waals surface area contributed by atoms with E-state index in [9.17, 15) is 8.78 Å². The van der Waals surface area contributed by atoms with E-state index in [1.54, 1.807) is 7.05 Å². The molecule has 0 aliphatic rings. The van der Waals surface area contributed by atoms with Crippen LogP contribution in [0.2, 0.25) is 5.02 Å². The zero-order valence-corrected chi connectivity index (χ0v) is 11.8. The van der Waals surface area contributed by atoms with E-state index in [1.165, 1.54) is 36.4 Å². The molecule has 0 fully saturated rings. The Morgan fingerprint density at radius 2 is 1.90 bits per heavy atom. The third kappa shape index (κ3) is 3.26. The molecule has 0 aliphatic carbocycles. The minimum absolute atomic E-state index is 0.0205. The van der Waals surface area contributed by atoms with Crippen LogP contribution in [0.25, 0.3) is 0 Å². The van der Waals surface area contributed by atoms with Gasteiger partial charge >= 0.3 is 0 Å². The molecular formula is C15H14ClF2NO. The fourth-order valence-corrected chi connectivity index (χ4v) is 1.94. The summed E-state index contributed by atoms with van der Waals surface area (Å²) in [5, 5.41) is 3.00. The lowest BCUT2D eigenvalue weighted by Crippen LogP contribution is -2.13. The number of nitrogens with one attached hydrogen (secondary N) is 1. The average molecular weight is 298 g/mol. The second-order valence-corrected chi connectivity index (χ2v) is 4.78. The standard InChI is InChI=1S/C15H14ClF2NO/c1-9(19-2)12-7-10(17)3-6-15(12)20-11-4-5-14(18)13(16)8-11/h3-9,19H,1-2H3. The van der Waals surface area contributed by atoms with E-state index in [1.807, 2.05) is 6.92 Å². The van der Waals surface area contributed by atoms with Crippen LogP contribution in [-0.2, 0) is 0 Å². The SMILES string of the molecule is CNC(C)c1cc(F)ccc1Oc1ccc(F)c(Cl)c1. The molecule has 1 N–H and O–H groups in total. The highest BCUT2D eigenvalue weighted by Gasteiger charge is 2.13. The predicted octanol–water partition coefficient (Wildman–Crippen LogP) is 4.69. The van der Waals surface area contributed by atoms with E-state index in [0.29, 0.717) is 17.1 Å². The van der Waals surface area contributed by atoms with Crippen LogP contribution in [0.4, 0.5) is 8.78 Å². The summed E-state index contributed by atoms with van der Waals surface area (Å²) in [7, 11) is 1.77. The van der Waals surface area contributed by atoms with Crippen molar-refractivity contribution in [1.82, 2.24) is 5.32 Å². The summed E-state index contributed by atoms with van der Waals surface area (Å²) in [6, 6.07) is 8.25. The number of hydrogen-bond donors (Lipinski definition) is 1. The molecule has 0 aromatic heterocycles. The van der Waals surface area contributed by atoms with Crippen molar-refractivity contribution in [3.05, 3.63) is 58.6 Å². The lowest BCUT2D eigenvalue weighted by atomic mass is 10.1. The monoisotopic (exact) mass is 297 g/mol. The van der Waals surface area contributed by atoms with Gasteiger partial charge in [-0.1, -0.05) is 11.6 Å². The summed E-state index contributed by atoms with van der Waals surface area (Å²) in [6.07, 6.45) is 0. The van der Waals surface area contributed by atoms with E-state index < -0.39 is 5.82 Å². The fraction of sp³-hybridized carbons (Fsp3) is 0.200. The van der Waals surface area contributed by atoms with Crippen molar-refractivity contribution in [1.29, 1.82) is 0 Å². The van der Waals surface area contributed by atoms with Gasteiger partial charge in [-0.05, 0) is 44.3 Å². The molecular weight excluding hydrogens is 284 g/mol. The Morgan fingerprint density at radius 1 is 1.15 bits per heavy atom. The van der Waals surface area contributed by atoms with E-state index >= 15 is 0 Å². The van der Waals surface area contributed by atoms with Crippen LogP contribution >= 0.6 is 11.6 Å². The summed E-state index contributed by atoms with van der Waals surface area (Å²) in [5.41, 5.74) is 0.674. The highest BCUT2D eigenvalue weighted by Crippen LogP contribution is 2.31. The van der Waals surface area contributed by atoms with Crippen molar-refractivity contribution >= 4 is 11.6 Å². The van der Waals surface area contributed by atoms with Crippen molar-refractivity contribution in [2.45, 2.75) is 13.0 Å². The smallest absolute Gasteiger partial charge is 0.142 e. The van der Waals surface area contributed by atoms with Crippen molar-refractivity contribution in [2.24, 2.45) is 0 Å². The Balaban J connectivity index is 2.35. The molecule has 0 saturated carbocycles. The summed E-state index contributed by atoms with van der Waals surface area (Å²) >= 11 is 5.71. The normalized spacial score (nSPS) is 12.2. The Bertz CT molecular complexity index is 619. The van der Waals surface area contributed by atoms with Gasteiger partial charge < -0.3 is 10.1 Å². The average Bonchev–Trinajstić information content (AvgIpc) is 2.44. The van der Waals surface area contributed by atoms with Gasteiger partial charge in [0.25, 0.3) is 0 Å². The maximum atomic E-state index is 13.3. The molecule has 2 aromatic carbocycles. The maximum Gasteiger partial charge on any atom is 0.142 e. The summed E-state index contributed by atoms with van der Waals surface area (Å²) < 4.78 is 32.1. The molecule has 2 nitrogen and oxygen atoms in total. The number of halogens is 3. The second-order valence-electron chi connectivity index (χ2n) is 4.37. The topological polar surface area (TPSA) is 21.3 Å². The molecule has 0 heterocycles. The highest BCUT2D eigenvalue weighted by atomic mass is 35.5. The predicted molar refractivity (Wildman–Crippen MR) is 75.4 cm³/mol. The summed E-state index contributed by atoms with van der Waals surface area (Å²) in [4.78, 5) is 0. The largest absolute Gasteiger partial charge is 0.457 e. The molecule has 0 bridgehead atoms. The molecule has 0 radical (unpaired) electrons. The molecule has 0 amide bonds. The van der Waals surface area contributed by atoms with Crippen molar-refractivity contribution in [3.8, 4) is 11.5 Å². The van der Waals surface area contributed by atoms with Gasteiger partial charge in [-0.25, -0.2) is 8.78 Å². The van der Waals surface area contributed by atoms with Crippen LogP contribution in [0.3, 0.4) is 0 Å². The molecule has 2 aromatic rings. The van der Waals surface area contributed by atoms with Crippen molar-refractivity contribution in [2.75, 3.05) is 7.05 Å². The maximum absolute atomic E-state index is 13.3. The van der Waals surface area contributed by atoms with Crippen LogP contribution < -0.4 is 10.1 Å². The van der Waals surface area contributed by atoms with Gasteiger partial charge in [-0.3, -0.25) is 0 Å². The molecule has 2 rings (SSSR count). The third-order valence-electron chi connectivity index (χ3n) is 2.99. The van der Waals surface area contributed by atoms with E-state index in [0.717, 1.165) is 0 Å². The van der Waals surface area contributed by atoms with Gasteiger partial charge in [0.05, 0.1) is 5.02 Å². The zero-order chi connectivity index (χ0) is 14.7. The molecule has 0 aliphatic heterocycles. The first-order valence-electron chi connectivity index (χ1n) is 6.11. The zero-order valence-electron chi connectivity index (χ0n) is 11.1. The van der Waals surface area contributed by atoms with Crippen LogP contribution in [0.5, 0.6) is 11.5 Å². The Hall–Kier alpha value is -1.65. The minimum Gasteiger partial charge on any atom is -0.457 e. The number of benzene rings is 2. The Labute approximate surface area is 121 Å². The highest BCUT2D eigenvalue weighted by molar-refractivity contribution is 6.30. The first-order valence-corrected chi connectivity index (χ1v) is 6.48. The molecule has 106 valence electrons. The van der Waals surface area contributed by atoms with Gasteiger partial charge in [-0.2, -0.15) is 0 Å². The van der Waals surface area contributed by atoms with Crippen LogP contribution in [-0.4, -0.2) is 7.05 Å². The molecule has 0 spiro atoms. The fourth-order valence-electron chi connectivity index (χ4n) is 1.77. The van der Waals surface area contributed by atoms with Crippen LogP contribution in [0, 0.1) is 11.6 Å². The van der Waals surface area contributed by atoms with Crippen molar-refractivity contribution in [3.63, 3.8) is 0 Å². The van der Waals surface area contributed by atoms with Crippen LogP contribution in [0.1, 0.15) is 18.5 Å². The van der Waals surface area contributed by atoms with Crippen LogP contribution in [0.15, 0.2) is 36.4 Å². The van der Waals surface area contributed by atoms with Gasteiger partial charge in [0.1, 0.15) is 23.1 Å². The lowest BCUT2D eigenvalue weighted by Gasteiger charge is -2.16. The van der Waals surface area contributed by atoms with E-state index in [2.05, 4.69) is 5.32 Å². The Morgan fingerprint density at radius 3 is 2.55 bits per heavy atom. The molecule has 5 heteroatoms. The van der Waals surface area contributed by atoms with E-state index in [4.69, 9.17) is 16.3 Å². The first-order chi connectivity index (χ1) is 9.51.